The molecule has 0 aliphatic carbocycles. The van der Waals surface area contributed by atoms with E-state index in [4.69, 9.17) is 9.15 Å². The Morgan fingerprint density at radius 3 is 2.72 bits per heavy atom. The third kappa shape index (κ3) is 3.88. The molecule has 4 amide bonds. The largest absolute Gasteiger partial charge is 0.466 e. The van der Waals surface area contributed by atoms with Crippen LogP contribution in [0.1, 0.15) is 41.8 Å². The minimum Gasteiger partial charge on any atom is -0.466 e. The standard InChI is InChI=1S/C19H21N3O6S/c1-4-11-9-12(16(24)27-5-2)15(29-11)20-14(23)10-22-17(25)19(3,21-18(22)26)13-7-6-8-28-13/h6-9H,4-5,10H2,1-3H3,(H,20,23)(H,21,26)/t19-/m0/s1. The van der Waals surface area contributed by atoms with Crippen LogP contribution in [-0.2, 0) is 26.3 Å². The second kappa shape index (κ2) is 8.08. The predicted octanol–water partition coefficient (Wildman–Crippen LogP) is 2.49. The number of thiophene rings is 1. The van der Waals surface area contributed by atoms with Gasteiger partial charge in [0.25, 0.3) is 5.91 Å². The van der Waals surface area contributed by atoms with Gasteiger partial charge in [0, 0.05) is 4.88 Å². The number of esters is 1. The van der Waals surface area contributed by atoms with E-state index in [1.165, 1.54) is 24.5 Å². The number of furan rings is 1. The maximum absolute atomic E-state index is 12.8. The van der Waals surface area contributed by atoms with Crippen LogP contribution in [0, 0.1) is 0 Å². The Labute approximate surface area is 171 Å². The Morgan fingerprint density at radius 2 is 2.10 bits per heavy atom. The lowest BCUT2D eigenvalue weighted by atomic mass is 9.99. The van der Waals surface area contributed by atoms with Crippen LogP contribution in [-0.4, -0.2) is 41.9 Å². The fourth-order valence-corrected chi connectivity index (χ4v) is 3.95. The highest BCUT2D eigenvalue weighted by Gasteiger charge is 2.51. The molecule has 2 aromatic rings. The average molecular weight is 419 g/mol. The predicted molar refractivity (Wildman–Crippen MR) is 105 cm³/mol. The van der Waals surface area contributed by atoms with E-state index in [-0.39, 0.29) is 17.9 Å². The van der Waals surface area contributed by atoms with Gasteiger partial charge in [-0.3, -0.25) is 14.5 Å². The molecule has 0 aromatic carbocycles. The normalized spacial score (nSPS) is 18.7. The number of carbonyl (C=O) groups excluding carboxylic acids is 4. The van der Waals surface area contributed by atoms with E-state index in [0.29, 0.717) is 11.4 Å². The van der Waals surface area contributed by atoms with Crippen LogP contribution in [0.5, 0.6) is 0 Å². The minimum atomic E-state index is -1.38. The van der Waals surface area contributed by atoms with Gasteiger partial charge in [0.05, 0.1) is 18.4 Å². The molecule has 1 aliphatic rings. The fourth-order valence-electron chi connectivity index (χ4n) is 2.95. The molecule has 0 radical (unpaired) electrons. The van der Waals surface area contributed by atoms with Gasteiger partial charge in [-0.2, -0.15) is 0 Å². The molecule has 1 fully saturated rings. The summed E-state index contributed by atoms with van der Waals surface area (Å²) in [5, 5.41) is 5.49. The first kappa shape index (κ1) is 20.6. The monoisotopic (exact) mass is 419 g/mol. The molecule has 0 bridgehead atoms. The molecule has 1 aliphatic heterocycles. The smallest absolute Gasteiger partial charge is 0.341 e. The van der Waals surface area contributed by atoms with E-state index in [1.54, 1.807) is 25.1 Å². The number of rotatable bonds is 7. The molecule has 1 saturated heterocycles. The number of carbonyl (C=O) groups is 4. The van der Waals surface area contributed by atoms with E-state index in [1.807, 2.05) is 6.92 Å². The molecular weight excluding hydrogens is 398 g/mol. The van der Waals surface area contributed by atoms with Gasteiger partial charge >= 0.3 is 12.0 Å². The Balaban J connectivity index is 1.75. The highest BCUT2D eigenvalue weighted by molar-refractivity contribution is 7.16. The summed E-state index contributed by atoms with van der Waals surface area (Å²) >= 11 is 1.25. The summed E-state index contributed by atoms with van der Waals surface area (Å²) in [7, 11) is 0. The maximum Gasteiger partial charge on any atom is 0.341 e. The summed E-state index contributed by atoms with van der Waals surface area (Å²) in [6.45, 7) is 4.83. The third-order valence-electron chi connectivity index (χ3n) is 4.47. The van der Waals surface area contributed by atoms with Crippen molar-refractivity contribution in [2.45, 2.75) is 32.7 Å². The van der Waals surface area contributed by atoms with Crippen molar-refractivity contribution in [3.8, 4) is 0 Å². The number of nitrogens with one attached hydrogen (secondary N) is 2. The van der Waals surface area contributed by atoms with Crippen LogP contribution in [0.3, 0.4) is 0 Å². The first-order valence-electron chi connectivity index (χ1n) is 9.07. The number of hydrogen-bond acceptors (Lipinski definition) is 7. The van der Waals surface area contributed by atoms with Gasteiger partial charge in [-0.15, -0.1) is 11.3 Å². The van der Waals surface area contributed by atoms with Gasteiger partial charge < -0.3 is 19.8 Å². The lowest BCUT2D eigenvalue weighted by molar-refractivity contribution is -0.134. The van der Waals surface area contributed by atoms with Crippen molar-refractivity contribution in [2.24, 2.45) is 0 Å². The van der Waals surface area contributed by atoms with Crippen molar-refractivity contribution in [1.29, 1.82) is 0 Å². The van der Waals surface area contributed by atoms with Gasteiger partial charge in [-0.1, -0.05) is 6.92 Å². The molecule has 3 rings (SSSR count). The van der Waals surface area contributed by atoms with Crippen LogP contribution in [0.15, 0.2) is 28.9 Å². The van der Waals surface area contributed by atoms with Gasteiger partial charge in [0.15, 0.2) is 5.54 Å². The number of imide groups is 1. The fraction of sp³-hybridized carbons (Fsp3) is 0.368. The summed E-state index contributed by atoms with van der Waals surface area (Å²) in [6, 6.07) is 4.15. The molecule has 0 spiro atoms. The molecule has 29 heavy (non-hydrogen) atoms. The molecule has 2 aromatic heterocycles. The van der Waals surface area contributed by atoms with Gasteiger partial charge in [-0.05, 0) is 38.5 Å². The van der Waals surface area contributed by atoms with Crippen molar-refractivity contribution < 1.29 is 28.3 Å². The van der Waals surface area contributed by atoms with Gasteiger partial charge in [0.1, 0.15) is 17.3 Å². The molecule has 3 heterocycles. The molecule has 0 unspecified atom stereocenters. The highest BCUT2D eigenvalue weighted by Crippen LogP contribution is 2.31. The van der Waals surface area contributed by atoms with Crippen molar-refractivity contribution in [3.05, 3.63) is 40.7 Å². The third-order valence-corrected chi connectivity index (χ3v) is 5.67. The number of anilines is 1. The maximum atomic E-state index is 12.8. The Morgan fingerprint density at radius 1 is 1.34 bits per heavy atom. The van der Waals surface area contributed by atoms with Crippen LogP contribution in [0.2, 0.25) is 0 Å². The zero-order chi connectivity index (χ0) is 21.2. The van der Waals surface area contributed by atoms with E-state index in [0.717, 1.165) is 9.78 Å². The number of urea groups is 1. The van der Waals surface area contributed by atoms with Gasteiger partial charge in [0.2, 0.25) is 5.91 Å². The van der Waals surface area contributed by atoms with Crippen molar-refractivity contribution in [2.75, 3.05) is 18.5 Å². The van der Waals surface area contributed by atoms with E-state index in [9.17, 15) is 19.2 Å². The summed E-state index contributed by atoms with van der Waals surface area (Å²) < 4.78 is 10.3. The summed E-state index contributed by atoms with van der Waals surface area (Å²) in [5.74, 6) is -1.47. The number of hydrogen-bond donors (Lipinski definition) is 2. The van der Waals surface area contributed by atoms with Crippen LogP contribution >= 0.6 is 11.3 Å². The van der Waals surface area contributed by atoms with E-state index in [2.05, 4.69) is 10.6 Å². The minimum absolute atomic E-state index is 0.206. The second-order valence-electron chi connectivity index (χ2n) is 6.50. The SMILES string of the molecule is CCOC(=O)c1cc(CC)sc1NC(=O)CN1C(=O)N[C@@](C)(c2ccco2)C1=O. The van der Waals surface area contributed by atoms with Crippen molar-refractivity contribution in [1.82, 2.24) is 10.2 Å². The van der Waals surface area contributed by atoms with Crippen LogP contribution in [0.25, 0.3) is 0 Å². The molecule has 10 heteroatoms. The number of nitrogens with zero attached hydrogens (tertiary/aromatic N) is 1. The molecular formula is C19H21N3O6S. The van der Waals surface area contributed by atoms with Crippen LogP contribution in [0.4, 0.5) is 9.80 Å². The number of amides is 4. The molecule has 2 N–H and O–H groups in total. The Bertz CT molecular complexity index is 951. The first-order chi connectivity index (χ1) is 13.8. The Kier molecular flexibility index (Phi) is 5.73. The average Bonchev–Trinajstić information content (AvgIpc) is 3.39. The van der Waals surface area contributed by atoms with Crippen molar-refractivity contribution in [3.63, 3.8) is 0 Å². The van der Waals surface area contributed by atoms with Crippen LogP contribution < -0.4 is 10.6 Å². The number of ether oxygens (including phenoxy) is 1. The van der Waals surface area contributed by atoms with Crippen molar-refractivity contribution >= 4 is 40.2 Å². The Hall–Kier alpha value is -3.14. The molecule has 9 nitrogen and oxygen atoms in total. The lowest BCUT2D eigenvalue weighted by Gasteiger charge is -2.18. The zero-order valence-electron chi connectivity index (χ0n) is 16.2. The zero-order valence-corrected chi connectivity index (χ0v) is 17.1. The van der Waals surface area contributed by atoms with E-state index < -0.39 is 35.9 Å². The second-order valence-corrected chi connectivity index (χ2v) is 7.64. The number of aryl methyl sites for hydroxylation is 1. The molecule has 0 saturated carbocycles. The first-order valence-corrected chi connectivity index (χ1v) is 9.89. The highest BCUT2D eigenvalue weighted by atomic mass is 32.1. The summed E-state index contributed by atoms with van der Waals surface area (Å²) in [4.78, 5) is 51.4. The quantitative estimate of drug-likeness (QED) is 0.526. The summed E-state index contributed by atoms with van der Waals surface area (Å²) in [5.41, 5.74) is -1.13. The topological polar surface area (TPSA) is 118 Å². The van der Waals surface area contributed by atoms with E-state index >= 15 is 0 Å². The lowest BCUT2D eigenvalue weighted by Crippen LogP contribution is -2.41. The molecule has 154 valence electrons. The summed E-state index contributed by atoms with van der Waals surface area (Å²) in [6.07, 6.45) is 2.08. The van der Waals surface area contributed by atoms with Gasteiger partial charge in [-0.25, -0.2) is 9.59 Å². The molecule has 1 atom stereocenters.